The van der Waals surface area contributed by atoms with Gasteiger partial charge in [0.25, 0.3) is 0 Å². The Bertz CT molecular complexity index is 622. The lowest BCUT2D eigenvalue weighted by Crippen LogP contribution is -2.26. The molecule has 0 radical (unpaired) electrons. The molecule has 0 aliphatic carbocycles. The molecule has 1 fully saturated rings. The third-order valence-corrected chi connectivity index (χ3v) is 4.06. The van der Waals surface area contributed by atoms with E-state index in [1.807, 2.05) is 20.8 Å². The molecule has 1 unspecified atom stereocenters. The first kappa shape index (κ1) is 15.0. The third-order valence-electron chi connectivity index (χ3n) is 4.06. The molecule has 0 spiro atoms. The van der Waals surface area contributed by atoms with Gasteiger partial charge in [0.2, 0.25) is 11.7 Å². The SMILES string of the molecule is CCOc1c(C)cc(-c2noc(C3CCCCN3)n2)cc1C. The van der Waals surface area contributed by atoms with Crippen molar-refractivity contribution in [2.45, 2.75) is 46.1 Å². The summed E-state index contributed by atoms with van der Waals surface area (Å²) in [4.78, 5) is 4.58. The van der Waals surface area contributed by atoms with Gasteiger partial charge in [0, 0.05) is 5.56 Å². The summed E-state index contributed by atoms with van der Waals surface area (Å²) in [7, 11) is 0. The highest BCUT2D eigenvalue weighted by Crippen LogP contribution is 2.30. The maximum atomic E-state index is 5.68. The van der Waals surface area contributed by atoms with Crippen LogP contribution in [0.5, 0.6) is 5.75 Å². The molecule has 1 aromatic carbocycles. The summed E-state index contributed by atoms with van der Waals surface area (Å²) in [5.41, 5.74) is 3.17. The fourth-order valence-corrected chi connectivity index (χ4v) is 3.01. The van der Waals surface area contributed by atoms with E-state index in [4.69, 9.17) is 9.26 Å². The molecule has 5 heteroatoms. The Morgan fingerprint density at radius 1 is 1.27 bits per heavy atom. The monoisotopic (exact) mass is 301 g/mol. The predicted molar refractivity (Wildman–Crippen MR) is 85.0 cm³/mol. The fourth-order valence-electron chi connectivity index (χ4n) is 3.01. The van der Waals surface area contributed by atoms with Gasteiger partial charge in [-0.25, -0.2) is 0 Å². The molecule has 3 rings (SSSR count). The second-order valence-corrected chi connectivity index (χ2v) is 5.83. The number of hydrogen-bond acceptors (Lipinski definition) is 5. The lowest BCUT2D eigenvalue weighted by Gasteiger charge is -2.19. The molecule has 118 valence electrons. The van der Waals surface area contributed by atoms with Gasteiger partial charge < -0.3 is 14.6 Å². The summed E-state index contributed by atoms with van der Waals surface area (Å²) in [5.74, 6) is 2.29. The van der Waals surface area contributed by atoms with E-state index >= 15 is 0 Å². The van der Waals surface area contributed by atoms with Crippen molar-refractivity contribution in [1.82, 2.24) is 15.5 Å². The summed E-state index contributed by atoms with van der Waals surface area (Å²) in [5, 5.41) is 7.59. The lowest BCUT2D eigenvalue weighted by molar-refractivity contribution is 0.297. The molecule has 1 aliphatic heterocycles. The summed E-state index contributed by atoms with van der Waals surface area (Å²) in [6.07, 6.45) is 3.48. The van der Waals surface area contributed by atoms with Crippen LogP contribution in [0.4, 0.5) is 0 Å². The van der Waals surface area contributed by atoms with Crippen LogP contribution < -0.4 is 10.1 Å². The predicted octanol–water partition coefficient (Wildman–Crippen LogP) is 3.57. The van der Waals surface area contributed by atoms with Crippen LogP contribution in [0.2, 0.25) is 0 Å². The first-order valence-electron chi connectivity index (χ1n) is 8.00. The normalized spacial score (nSPS) is 18.4. The number of rotatable bonds is 4. The van der Waals surface area contributed by atoms with Crippen molar-refractivity contribution in [2.75, 3.05) is 13.2 Å². The highest BCUT2D eigenvalue weighted by atomic mass is 16.5. The Morgan fingerprint density at radius 3 is 2.68 bits per heavy atom. The summed E-state index contributed by atoms with van der Waals surface area (Å²) in [6.45, 7) is 7.77. The van der Waals surface area contributed by atoms with E-state index < -0.39 is 0 Å². The number of hydrogen-bond donors (Lipinski definition) is 1. The molecule has 1 aliphatic rings. The number of aryl methyl sites for hydroxylation is 2. The van der Waals surface area contributed by atoms with Gasteiger partial charge in [-0.2, -0.15) is 4.98 Å². The first-order valence-corrected chi connectivity index (χ1v) is 8.00. The number of piperidine rings is 1. The molecule has 0 amide bonds. The van der Waals surface area contributed by atoms with Crippen molar-refractivity contribution < 1.29 is 9.26 Å². The van der Waals surface area contributed by atoms with Gasteiger partial charge in [-0.3, -0.25) is 0 Å². The van der Waals surface area contributed by atoms with Crippen molar-refractivity contribution in [3.63, 3.8) is 0 Å². The van der Waals surface area contributed by atoms with Crippen molar-refractivity contribution >= 4 is 0 Å². The van der Waals surface area contributed by atoms with E-state index in [0.29, 0.717) is 18.3 Å². The molecule has 0 saturated carbocycles. The number of benzene rings is 1. The number of ether oxygens (including phenoxy) is 1. The molecule has 1 saturated heterocycles. The van der Waals surface area contributed by atoms with Gasteiger partial charge in [0.05, 0.1) is 12.6 Å². The molecule has 2 heterocycles. The van der Waals surface area contributed by atoms with Gasteiger partial charge in [0.15, 0.2) is 0 Å². The number of nitrogens with one attached hydrogen (secondary N) is 1. The topological polar surface area (TPSA) is 60.2 Å². The minimum Gasteiger partial charge on any atom is -0.493 e. The van der Waals surface area contributed by atoms with Crippen molar-refractivity contribution in [3.8, 4) is 17.1 Å². The molecule has 5 nitrogen and oxygen atoms in total. The van der Waals surface area contributed by atoms with Gasteiger partial charge >= 0.3 is 0 Å². The standard InChI is InChI=1S/C17H23N3O2/c1-4-21-15-11(2)9-13(10-12(15)3)16-19-17(22-20-16)14-7-5-6-8-18-14/h9-10,14,18H,4-8H2,1-3H3. The number of nitrogens with zero attached hydrogens (tertiary/aromatic N) is 2. The first-order chi connectivity index (χ1) is 10.7. The van der Waals surface area contributed by atoms with Crippen LogP contribution in [0.15, 0.2) is 16.7 Å². The van der Waals surface area contributed by atoms with E-state index in [1.165, 1.54) is 12.8 Å². The zero-order valence-corrected chi connectivity index (χ0v) is 13.5. The van der Waals surface area contributed by atoms with Gasteiger partial charge in [0.1, 0.15) is 5.75 Å². The van der Waals surface area contributed by atoms with Crippen LogP contribution in [0, 0.1) is 13.8 Å². The molecule has 1 aromatic heterocycles. The van der Waals surface area contributed by atoms with Gasteiger partial charge in [-0.05, 0) is 63.4 Å². The maximum absolute atomic E-state index is 5.68. The van der Waals surface area contributed by atoms with Crippen LogP contribution in [0.1, 0.15) is 49.2 Å². The average Bonchev–Trinajstić information content (AvgIpc) is 3.01. The Balaban J connectivity index is 1.86. The van der Waals surface area contributed by atoms with Crippen LogP contribution in [0.3, 0.4) is 0 Å². The van der Waals surface area contributed by atoms with Gasteiger partial charge in [-0.15, -0.1) is 0 Å². The molecule has 22 heavy (non-hydrogen) atoms. The van der Waals surface area contributed by atoms with Crippen molar-refractivity contribution in [2.24, 2.45) is 0 Å². The van der Waals surface area contributed by atoms with Gasteiger partial charge in [-0.1, -0.05) is 11.6 Å². The molecular formula is C17H23N3O2. The molecule has 0 bridgehead atoms. The molecular weight excluding hydrogens is 278 g/mol. The summed E-state index contributed by atoms with van der Waals surface area (Å²) in [6, 6.07) is 4.31. The van der Waals surface area contributed by atoms with E-state index in [9.17, 15) is 0 Å². The Hall–Kier alpha value is -1.88. The zero-order valence-electron chi connectivity index (χ0n) is 13.5. The highest BCUT2D eigenvalue weighted by molar-refractivity contribution is 5.61. The maximum Gasteiger partial charge on any atom is 0.244 e. The lowest BCUT2D eigenvalue weighted by atomic mass is 10.0. The van der Waals surface area contributed by atoms with Crippen molar-refractivity contribution in [1.29, 1.82) is 0 Å². The zero-order chi connectivity index (χ0) is 15.5. The molecule has 1 atom stereocenters. The Kier molecular flexibility index (Phi) is 4.43. The molecule has 2 aromatic rings. The third kappa shape index (κ3) is 2.99. The minimum absolute atomic E-state index is 0.194. The van der Waals surface area contributed by atoms with Crippen molar-refractivity contribution in [3.05, 3.63) is 29.2 Å². The highest BCUT2D eigenvalue weighted by Gasteiger charge is 2.21. The number of aromatic nitrogens is 2. The fraction of sp³-hybridized carbons (Fsp3) is 0.529. The van der Waals surface area contributed by atoms with Crippen LogP contribution in [0.25, 0.3) is 11.4 Å². The van der Waals surface area contributed by atoms with E-state index in [0.717, 1.165) is 35.4 Å². The minimum atomic E-state index is 0.194. The van der Waals surface area contributed by atoms with Crippen LogP contribution >= 0.6 is 0 Å². The largest absolute Gasteiger partial charge is 0.493 e. The Morgan fingerprint density at radius 2 is 2.05 bits per heavy atom. The van der Waals surface area contributed by atoms with Crippen LogP contribution in [-0.2, 0) is 0 Å². The average molecular weight is 301 g/mol. The quantitative estimate of drug-likeness (QED) is 0.935. The Labute approximate surface area is 131 Å². The summed E-state index contributed by atoms with van der Waals surface area (Å²) >= 11 is 0. The smallest absolute Gasteiger partial charge is 0.244 e. The van der Waals surface area contributed by atoms with Crippen LogP contribution in [-0.4, -0.2) is 23.3 Å². The van der Waals surface area contributed by atoms with E-state index in [2.05, 4.69) is 27.6 Å². The second-order valence-electron chi connectivity index (χ2n) is 5.83. The summed E-state index contributed by atoms with van der Waals surface area (Å²) < 4.78 is 11.1. The molecule has 1 N–H and O–H groups in total. The van der Waals surface area contributed by atoms with E-state index in [-0.39, 0.29) is 6.04 Å². The second kappa shape index (κ2) is 6.48. The van der Waals surface area contributed by atoms with E-state index in [1.54, 1.807) is 0 Å².